The fraction of sp³-hybridized carbons (Fsp3) is 0.429. The molecule has 0 N–H and O–H groups in total. The van der Waals surface area contributed by atoms with E-state index in [1.54, 1.807) is 12.1 Å². The molecule has 6 heteroatoms. The molecule has 0 radical (unpaired) electrons. The molecule has 2 aromatic rings. The van der Waals surface area contributed by atoms with Crippen molar-refractivity contribution >= 4 is 21.8 Å². The third kappa shape index (κ3) is 2.60. The van der Waals surface area contributed by atoms with Gasteiger partial charge >= 0.3 is 0 Å². The van der Waals surface area contributed by atoms with Gasteiger partial charge in [-0.3, -0.25) is 4.79 Å². The molecule has 1 saturated heterocycles. The molecule has 1 unspecified atom stereocenters. The molecule has 1 fully saturated rings. The highest BCUT2D eigenvalue weighted by molar-refractivity contribution is 7.91. The van der Waals surface area contributed by atoms with Crippen LogP contribution in [-0.2, 0) is 16.3 Å². The van der Waals surface area contributed by atoms with Crippen molar-refractivity contribution in [2.75, 3.05) is 11.5 Å². The van der Waals surface area contributed by atoms with Crippen LogP contribution in [0.2, 0.25) is 0 Å². The molecule has 0 aromatic carbocycles. The summed E-state index contributed by atoms with van der Waals surface area (Å²) in [6.07, 6.45) is 6.82. The first-order chi connectivity index (χ1) is 9.57. The number of imidazole rings is 1. The van der Waals surface area contributed by atoms with E-state index >= 15 is 0 Å². The minimum atomic E-state index is -2.89. The van der Waals surface area contributed by atoms with E-state index in [0.717, 1.165) is 24.8 Å². The van der Waals surface area contributed by atoms with Crippen LogP contribution in [0.25, 0.3) is 5.65 Å². The molecule has 0 aliphatic carbocycles. The predicted molar refractivity (Wildman–Crippen MR) is 75.7 cm³/mol. The van der Waals surface area contributed by atoms with Crippen molar-refractivity contribution < 1.29 is 13.2 Å². The summed E-state index contributed by atoms with van der Waals surface area (Å²) in [5.41, 5.74) is 2.03. The molecule has 2 aromatic heterocycles. The summed E-state index contributed by atoms with van der Waals surface area (Å²) in [7, 11) is -2.89. The zero-order valence-corrected chi connectivity index (χ0v) is 11.8. The van der Waals surface area contributed by atoms with Gasteiger partial charge in [0.15, 0.2) is 16.1 Å². The van der Waals surface area contributed by atoms with Crippen molar-refractivity contribution in [3.63, 3.8) is 0 Å². The van der Waals surface area contributed by atoms with Crippen molar-refractivity contribution in [1.82, 2.24) is 9.38 Å². The highest BCUT2D eigenvalue weighted by atomic mass is 32.2. The number of carbonyl (C=O) groups excluding carboxylic acids is 1. The lowest BCUT2D eigenvalue weighted by atomic mass is 10.00. The third-order valence-electron chi connectivity index (χ3n) is 3.74. The summed E-state index contributed by atoms with van der Waals surface area (Å²) >= 11 is 0. The first-order valence-electron chi connectivity index (χ1n) is 6.69. The quantitative estimate of drug-likeness (QED) is 0.804. The topological polar surface area (TPSA) is 68.5 Å². The summed E-state index contributed by atoms with van der Waals surface area (Å²) < 4.78 is 25.1. The molecule has 1 aliphatic heterocycles. The van der Waals surface area contributed by atoms with Crippen molar-refractivity contribution in [1.29, 1.82) is 0 Å². The number of hydrogen-bond donors (Lipinski definition) is 0. The SMILES string of the molecule is O=Cc1cccn2cc(CC3CCCS(=O)(=O)C3)nc12. The molecule has 106 valence electrons. The van der Waals surface area contributed by atoms with E-state index in [2.05, 4.69) is 4.98 Å². The van der Waals surface area contributed by atoms with Crippen LogP contribution in [0.3, 0.4) is 0 Å². The lowest BCUT2D eigenvalue weighted by Crippen LogP contribution is -2.26. The summed E-state index contributed by atoms with van der Waals surface area (Å²) in [6.45, 7) is 0. The molecular formula is C14H16N2O3S. The number of rotatable bonds is 3. The molecule has 1 aliphatic rings. The van der Waals surface area contributed by atoms with Gasteiger partial charge in [0.1, 0.15) is 5.65 Å². The Morgan fingerprint density at radius 1 is 1.45 bits per heavy atom. The number of nitrogens with zero attached hydrogens (tertiary/aromatic N) is 2. The fourth-order valence-corrected chi connectivity index (χ4v) is 4.63. The van der Waals surface area contributed by atoms with Crippen LogP contribution in [0.15, 0.2) is 24.5 Å². The maximum atomic E-state index is 11.7. The molecule has 0 amide bonds. The van der Waals surface area contributed by atoms with Gasteiger partial charge < -0.3 is 4.40 Å². The monoisotopic (exact) mass is 292 g/mol. The zero-order valence-electron chi connectivity index (χ0n) is 11.0. The normalized spacial score (nSPS) is 21.9. The molecule has 0 spiro atoms. The molecule has 3 heterocycles. The summed E-state index contributed by atoms with van der Waals surface area (Å²) in [5, 5.41) is 0. The molecule has 3 rings (SSSR count). The van der Waals surface area contributed by atoms with E-state index < -0.39 is 9.84 Å². The van der Waals surface area contributed by atoms with Crippen LogP contribution in [0, 0.1) is 5.92 Å². The van der Waals surface area contributed by atoms with Crippen molar-refractivity contribution in [2.45, 2.75) is 19.3 Å². The average Bonchev–Trinajstić information content (AvgIpc) is 2.79. The van der Waals surface area contributed by atoms with Gasteiger partial charge in [-0.05, 0) is 37.3 Å². The number of fused-ring (bicyclic) bond motifs is 1. The van der Waals surface area contributed by atoms with E-state index in [-0.39, 0.29) is 11.7 Å². The molecular weight excluding hydrogens is 276 g/mol. The number of pyridine rings is 1. The second-order valence-corrected chi connectivity index (χ2v) is 7.60. The Kier molecular flexibility index (Phi) is 3.33. The second kappa shape index (κ2) is 5.01. The van der Waals surface area contributed by atoms with Crippen LogP contribution >= 0.6 is 0 Å². The third-order valence-corrected chi connectivity index (χ3v) is 5.63. The van der Waals surface area contributed by atoms with E-state index in [9.17, 15) is 13.2 Å². The Labute approximate surface area is 117 Å². The van der Waals surface area contributed by atoms with Crippen LogP contribution in [0.4, 0.5) is 0 Å². The number of sulfone groups is 1. The van der Waals surface area contributed by atoms with E-state index in [4.69, 9.17) is 0 Å². The Hall–Kier alpha value is -1.69. The smallest absolute Gasteiger partial charge is 0.153 e. The van der Waals surface area contributed by atoms with Crippen molar-refractivity contribution in [3.05, 3.63) is 35.8 Å². The number of carbonyl (C=O) groups is 1. The highest BCUT2D eigenvalue weighted by Gasteiger charge is 2.25. The minimum absolute atomic E-state index is 0.137. The molecule has 20 heavy (non-hydrogen) atoms. The standard InChI is InChI=1S/C14H16N2O3S/c17-9-12-4-1-5-16-8-13(15-14(12)16)7-11-3-2-6-20(18,19)10-11/h1,4-5,8-9,11H,2-3,6-7,10H2. The van der Waals surface area contributed by atoms with Gasteiger partial charge in [0.25, 0.3) is 0 Å². The van der Waals surface area contributed by atoms with Gasteiger partial charge in [-0.1, -0.05) is 0 Å². The van der Waals surface area contributed by atoms with E-state index in [0.29, 0.717) is 23.4 Å². The minimum Gasteiger partial charge on any atom is -0.306 e. The van der Waals surface area contributed by atoms with Gasteiger partial charge in [0.05, 0.1) is 22.8 Å². The zero-order chi connectivity index (χ0) is 14.2. The predicted octanol–water partition coefficient (Wildman–Crippen LogP) is 1.51. The van der Waals surface area contributed by atoms with Crippen molar-refractivity contribution in [2.24, 2.45) is 5.92 Å². The van der Waals surface area contributed by atoms with Crippen LogP contribution < -0.4 is 0 Å². The first-order valence-corrected chi connectivity index (χ1v) is 8.52. The average molecular weight is 292 g/mol. The van der Waals surface area contributed by atoms with E-state index in [1.165, 1.54) is 0 Å². The lowest BCUT2D eigenvalue weighted by molar-refractivity contribution is 0.112. The van der Waals surface area contributed by atoms with Crippen molar-refractivity contribution in [3.8, 4) is 0 Å². The maximum absolute atomic E-state index is 11.7. The Morgan fingerprint density at radius 2 is 2.30 bits per heavy atom. The molecule has 0 saturated carbocycles. The maximum Gasteiger partial charge on any atom is 0.153 e. The Bertz CT molecular complexity index is 749. The lowest BCUT2D eigenvalue weighted by Gasteiger charge is -2.20. The fourth-order valence-electron chi connectivity index (χ4n) is 2.85. The van der Waals surface area contributed by atoms with Gasteiger partial charge in [-0.15, -0.1) is 0 Å². The van der Waals surface area contributed by atoms with E-state index in [1.807, 2.05) is 16.8 Å². The highest BCUT2D eigenvalue weighted by Crippen LogP contribution is 2.22. The molecule has 1 atom stereocenters. The largest absolute Gasteiger partial charge is 0.306 e. The van der Waals surface area contributed by atoms with Crippen LogP contribution in [0.1, 0.15) is 28.9 Å². The molecule has 5 nitrogen and oxygen atoms in total. The summed E-state index contributed by atoms with van der Waals surface area (Å²) in [5.74, 6) is 0.698. The summed E-state index contributed by atoms with van der Waals surface area (Å²) in [4.78, 5) is 15.4. The van der Waals surface area contributed by atoms with Gasteiger partial charge in [0, 0.05) is 12.4 Å². The first kappa shape index (κ1) is 13.3. The van der Waals surface area contributed by atoms with Gasteiger partial charge in [-0.2, -0.15) is 0 Å². The van der Waals surface area contributed by atoms with Crippen LogP contribution in [0.5, 0.6) is 0 Å². The molecule has 0 bridgehead atoms. The van der Waals surface area contributed by atoms with Gasteiger partial charge in [0.2, 0.25) is 0 Å². The Balaban J connectivity index is 1.86. The Morgan fingerprint density at radius 3 is 3.05 bits per heavy atom. The van der Waals surface area contributed by atoms with Crippen LogP contribution in [-0.4, -0.2) is 35.6 Å². The number of hydrogen-bond acceptors (Lipinski definition) is 4. The number of aromatic nitrogens is 2. The van der Waals surface area contributed by atoms with Gasteiger partial charge in [-0.25, -0.2) is 13.4 Å². The number of aldehydes is 1. The second-order valence-electron chi connectivity index (χ2n) is 5.37. The summed E-state index contributed by atoms with van der Waals surface area (Å²) in [6, 6.07) is 3.53.